The summed E-state index contributed by atoms with van der Waals surface area (Å²) in [7, 11) is 0. The van der Waals surface area contributed by atoms with Crippen molar-refractivity contribution in [3.8, 4) is 5.75 Å². The van der Waals surface area contributed by atoms with Gasteiger partial charge in [-0.2, -0.15) is 0 Å². The monoisotopic (exact) mass is 274 g/mol. The molecule has 2 rings (SSSR count). The Labute approximate surface area is 116 Å². The van der Waals surface area contributed by atoms with Crippen LogP contribution < -0.4 is 10.6 Å². The maximum Gasteiger partial charge on any atom is 0.319 e. The lowest BCUT2D eigenvalue weighted by atomic mass is 10.1. The van der Waals surface area contributed by atoms with E-state index < -0.39 is 17.6 Å². The number of hydrogen-bond acceptors (Lipinski definition) is 2. The minimum absolute atomic E-state index is 0.0345. The van der Waals surface area contributed by atoms with E-state index in [0.29, 0.717) is 6.54 Å². The summed E-state index contributed by atoms with van der Waals surface area (Å²) < 4.78 is 13.1. The van der Waals surface area contributed by atoms with Gasteiger partial charge in [0.2, 0.25) is 0 Å². The zero-order chi connectivity index (χ0) is 14.5. The van der Waals surface area contributed by atoms with Crippen molar-refractivity contribution in [2.75, 3.05) is 5.32 Å². The SMILES string of the molecule is Cc1ccccc1CNC(=O)Nc1cccc(F)c1O. The van der Waals surface area contributed by atoms with Gasteiger partial charge in [-0.3, -0.25) is 0 Å². The molecule has 3 N–H and O–H groups in total. The first kappa shape index (κ1) is 13.9. The van der Waals surface area contributed by atoms with Crippen LogP contribution in [0, 0.1) is 12.7 Å². The lowest BCUT2D eigenvalue weighted by Crippen LogP contribution is -2.28. The van der Waals surface area contributed by atoms with Crippen LogP contribution in [0.25, 0.3) is 0 Å². The van der Waals surface area contributed by atoms with Crippen molar-refractivity contribution in [3.63, 3.8) is 0 Å². The van der Waals surface area contributed by atoms with Crippen LogP contribution in [0.1, 0.15) is 11.1 Å². The predicted molar refractivity (Wildman–Crippen MR) is 75.1 cm³/mol. The van der Waals surface area contributed by atoms with Crippen molar-refractivity contribution < 1.29 is 14.3 Å². The number of phenols is 1. The summed E-state index contributed by atoms with van der Waals surface area (Å²) in [6, 6.07) is 11.1. The van der Waals surface area contributed by atoms with Gasteiger partial charge in [-0.05, 0) is 30.2 Å². The van der Waals surface area contributed by atoms with Crippen LogP contribution >= 0.6 is 0 Å². The number of nitrogens with one attached hydrogen (secondary N) is 2. The van der Waals surface area contributed by atoms with Gasteiger partial charge in [-0.15, -0.1) is 0 Å². The minimum Gasteiger partial charge on any atom is -0.503 e. The second kappa shape index (κ2) is 6.06. The summed E-state index contributed by atoms with van der Waals surface area (Å²) in [5, 5.41) is 14.5. The van der Waals surface area contributed by atoms with Gasteiger partial charge < -0.3 is 15.7 Å². The van der Waals surface area contributed by atoms with Gasteiger partial charge in [0, 0.05) is 6.54 Å². The molecule has 0 aliphatic heterocycles. The first-order valence-electron chi connectivity index (χ1n) is 6.15. The Morgan fingerprint density at radius 2 is 1.95 bits per heavy atom. The molecule has 2 aromatic rings. The lowest BCUT2D eigenvalue weighted by molar-refractivity contribution is 0.251. The summed E-state index contributed by atoms with van der Waals surface area (Å²) in [6.07, 6.45) is 0. The zero-order valence-corrected chi connectivity index (χ0v) is 11.0. The fraction of sp³-hybridized carbons (Fsp3) is 0.133. The molecule has 0 fully saturated rings. The van der Waals surface area contributed by atoms with Crippen molar-refractivity contribution in [2.24, 2.45) is 0 Å². The van der Waals surface area contributed by atoms with E-state index >= 15 is 0 Å². The largest absolute Gasteiger partial charge is 0.503 e. The number of halogens is 1. The Hall–Kier alpha value is -2.56. The summed E-state index contributed by atoms with van der Waals surface area (Å²) in [4.78, 5) is 11.7. The van der Waals surface area contributed by atoms with Crippen molar-refractivity contribution in [1.82, 2.24) is 5.32 Å². The molecule has 104 valence electrons. The lowest BCUT2D eigenvalue weighted by Gasteiger charge is -2.10. The molecule has 20 heavy (non-hydrogen) atoms. The highest BCUT2D eigenvalue weighted by Gasteiger charge is 2.09. The Morgan fingerprint density at radius 1 is 1.20 bits per heavy atom. The summed E-state index contributed by atoms with van der Waals surface area (Å²) >= 11 is 0. The van der Waals surface area contributed by atoms with Crippen LogP contribution in [0.4, 0.5) is 14.9 Å². The van der Waals surface area contributed by atoms with Gasteiger partial charge in [0.1, 0.15) is 0 Å². The van der Waals surface area contributed by atoms with Crippen LogP contribution in [0.15, 0.2) is 42.5 Å². The molecule has 0 bridgehead atoms. The molecular formula is C15H15FN2O2. The highest BCUT2D eigenvalue weighted by Crippen LogP contribution is 2.25. The maximum absolute atomic E-state index is 13.1. The van der Waals surface area contributed by atoms with Crippen LogP contribution in [0.3, 0.4) is 0 Å². The van der Waals surface area contributed by atoms with E-state index in [-0.39, 0.29) is 5.69 Å². The number of carbonyl (C=O) groups is 1. The van der Waals surface area contributed by atoms with Crippen LogP contribution in [-0.2, 0) is 6.54 Å². The molecule has 0 aliphatic rings. The first-order chi connectivity index (χ1) is 9.58. The number of anilines is 1. The summed E-state index contributed by atoms with van der Waals surface area (Å²) in [5.74, 6) is -1.35. The van der Waals surface area contributed by atoms with Gasteiger partial charge in [0.25, 0.3) is 0 Å². The van der Waals surface area contributed by atoms with E-state index in [2.05, 4.69) is 10.6 Å². The molecular weight excluding hydrogens is 259 g/mol. The van der Waals surface area contributed by atoms with E-state index in [1.807, 2.05) is 31.2 Å². The molecule has 0 unspecified atom stereocenters. The van der Waals surface area contributed by atoms with Crippen LogP contribution in [-0.4, -0.2) is 11.1 Å². The van der Waals surface area contributed by atoms with Gasteiger partial charge in [0.15, 0.2) is 11.6 Å². The molecule has 2 amide bonds. The Bertz CT molecular complexity index is 629. The maximum atomic E-state index is 13.1. The standard InChI is InChI=1S/C15H15FN2O2/c1-10-5-2-3-6-11(10)9-17-15(20)18-13-8-4-7-12(16)14(13)19/h2-8,19H,9H2,1H3,(H2,17,18,20). The Balaban J connectivity index is 1.96. The number of benzene rings is 2. The van der Waals surface area contributed by atoms with Gasteiger partial charge >= 0.3 is 6.03 Å². The number of urea groups is 1. The van der Waals surface area contributed by atoms with Crippen molar-refractivity contribution >= 4 is 11.7 Å². The second-order valence-electron chi connectivity index (χ2n) is 4.37. The predicted octanol–water partition coefficient (Wildman–Crippen LogP) is 3.16. The molecule has 0 aliphatic carbocycles. The second-order valence-corrected chi connectivity index (χ2v) is 4.37. The highest BCUT2D eigenvalue weighted by molar-refractivity contribution is 5.90. The zero-order valence-electron chi connectivity index (χ0n) is 11.0. The van der Waals surface area contributed by atoms with E-state index in [0.717, 1.165) is 17.2 Å². The smallest absolute Gasteiger partial charge is 0.319 e. The number of rotatable bonds is 3. The average molecular weight is 274 g/mol. The fourth-order valence-corrected chi connectivity index (χ4v) is 1.77. The van der Waals surface area contributed by atoms with E-state index in [1.54, 1.807) is 0 Å². The number of hydrogen-bond donors (Lipinski definition) is 3. The van der Waals surface area contributed by atoms with Gasteiger partial charge in [-0.25, -0.2) is 9.18 Å². The van der Waals surface area contributed by atoms with E-state index in [9.17, 15) is 14.3 Å². The highest BCUT2D eigenvalue weighted by atomic mass is 19.1. The number of carbonyl (C=O) groups excluding carboxylic acids is 1. The molecule has 0 radical (unpaired) electrons. The third kappa shape index (κ3) is 3.26. The Kier molecular flexibility index (Phi) is 4.20. The first-order valence-corrected chi connectivity index (χ1v) is 6.15. The fourth-order valence-electron chi connectivity index (χ4n) is 1.77. The molecule has 0 saturated carbocycles. The van der Waals surface area contributed by atoms with E-state index in [4.69, 9.17) is 0 Å². The third-order valence-electron chi connectivity index (χ3n) is 2.94. The quantitative estimate of drug-likeness (QED) is 0.753. The molecule has 0 aromatic heterocycles. The number of amides is 2. The summed E-state index contributed by atoms with van der Waals surface area (Å²) in [5.41, 5.74) is 2.10. The Morgan fingerprint density at radius 3 is 2.70 bits per heavy atom. The molecule has 5 heteroatoms. The number of aromatic hydroxyl groups is 1. The van der Waals surface area contributed by atoms with Crippen LogP contribution in [0.5, 0.6) is 5.75 Å². The molecule has 4 nitrogen and oxygen atoms in total. The molecule has 0 heterocycles. The van der Waals surface area contributed by atoms with Crippen LogP contribution in [0.2, 0.25) is 0 Å². The average Bonchev–Trinajstić information content (AvgIpc) is 2.43. The molecule has 0 spiro atoms. The minimum atomic E-state index is -0.776. The van der Waals surface area contributed by atoms with Gasteiger partial charge in [-0.1, -0.05) is 30.3 Å². The molecule has 0 atom stereocenters. The van der Waals surface area contributed by atoms with Crippen molar-refractivity contribution in [3.05, 3.63) is 59.4 Å². The topological polar surface area (TPSA) is 61.4 Å². The van der Waals surface area contributed by atoms with Crippen molar-refractivity contribution in [1.29, 1.82) is 0 Å². The summed E-state index contributed by atoms with van der Waals surface area (Å²) in [6.45, 7) is 2.31. The third-order valence-corrected chi connectivity index (χ3v) is 2.94. The number of para-hydroxylation sites is 1. The normalized spacial score (nSPS) is 10.1. The molecule has 0 saturated heterocycles. The van der Waals surface area contributed by atoms with Crippen molar-refractivity contribution in [2.45, 2.75) is 13.5 Å². The number of phenolic OH excluding ortho intramolecular Hbond substituents is 1. The van der Waals surface area contributed by atoms with Gasteiger partial charge in [0.05, 0.1) is 5.69 Å². The van der Waals surface area contributed by atoms with E-state index in [1.165, 1.54) is 12.1 Å². The number of aryl methyl sites for hydroxylation is 1. The molecule has 2 aromatic carbocycles.